The second-order valence-electron chi connectivity index (χ2n) is 8.52. The summed E-state index contributed by atoms with van der Waals surface area (Å²) in [6, 6.07) is 11.1. The van der Waals surface area contributed by atoms with Crippen molar-refractivity contribution in [1.82, 2.24) is 9.78 Å². The highest BCUT2D eigenvalue weighted by Gasteiger charge is 2.25. The summed E-state index contributed by atoms with van der Waals surface area (Å²) in [5.41, 5.74) is 1.30. The molecule has 0 fully saturated rings. The summed E-state index contributed by atoms with van der Waals surface area (Å²) < 4.78 is 31.9. The van der Waals surface area contributed by atoms with Gasteiger partial charge in [-0.2, -0.15) is 5.10 Å². The lowest BCUT2D eigenvalue weighted by molar-refractivity contribution is 0.0468. The molecule has 0 unspecified atom stereocenters. The minimum atomic E-state index is -3.41. The van der Waals surface area contributed by atoms with Crippen LogP contribution < -0.4 is 9.86 Å². The van der Waals surface area contributed by atoms with E-state index in [1.807, 2.05) is 0 Å². The summed E-state index contributed by atoms with van der Waals surface area (Å²) in [6.45, 7) is 3.45. The van der Waals surface area contributed by atoms with Crippen LogP contribution in [0.2, 0.25) is 0 Å². The first-order valence-corrected chi connectivity index (χ1v) is 12.8. The van der Waals surface area contributed by atoms with Crippen LogP contribution in [0.4, 0.5) is 5.69 Å². The van der Waals surface area contributed by atoms with Gasteiger partial charge in [0.1, 0.15) is 0 Å². The van der Waals surface area contributed by atoms with Gasteiger partial charge in [0, 0.05) is 17.5 Å². The Morgan fingerprint density at radius 1 is 1.12 bits per heavy atom. The average Bonchev–Trinajstić information content (AvgIpc) is 2.81. The minimum absolute atomic E-state index is 0.0362. The molecule has 2 aromatic carbocycles. The monoisotopic (exact) mass is 483 g/mol. The molecule has 0 spiro atoms. The molecular weight excluding hydrogens is 458 g/mol. The van der Waals surface area contributed by atoms with Crippen molar-refractivity contribution in [3.05, 3.63) is 69.6 Å². The fourth-order valence-electron chi connectivity index (χ4n) is 4.07. The number of ketones is 1. The molecule has 4 rings (SSSR count). The number of carbonyl (C=O) groups excluding carboxylic acids is 2. The number of hydrogen-bond acceptors (Lipinski definition) is 7. The van der Waals surface area contributed by atoms with E-state index in [9.17, 15) is 22.8 Å². The predicted octanol–water partition coefficient (Wildman–Crippen LogP) is 2.73. The Hall–Kier alpha value is -3.53. The van der Waals surface area contributed by atoms with E-state index in [2.05, 4.69) is 5.10 Å². The molecule has 34 heavy (non-hydrogen) atoms. The number of aromatic nitrogens is 2. The first kappa shape index (κ1) is 23.6. The van der Waals surface area contributed by atoms with Gasteiger partial charge >= 0.3 is 5.97 Å². The predicted molar refractivity (Wildman–Crippen MR) is 128 cm³/mol. The van der Waals surface area contributed by atoms with Crippen molar-refractivity contribution >= 4 is 38.2 Å². The van der Waals surface area contributed by atoms with Gasteiger partial charge in [0.25, 0.3) is 5.56 Å². The van der Waals surface area contributed by atoms with Gasteiger partial charge in [-0.3, -0.25) is 13.9 Å². The highest BCUT2D eigenvalue weighted by atomic mass is 32.2. The minimum Gasteiger partial charge on any atom is -0.452 e. The maximum atomic E-state index is 12.8. The molecule has 0 bridgehead atoms. The Kier molecular flexibility index (Phi) is 6.26. The lowest BCUT2D eigenvalue weighted by atomic mass is 9.99. The van der Waals surface area contributed by atoms with Crippen LogP contribution in [-0.4, -0.2) is 49.4 Å². The molecule has 1 aliphatic heterocycles. The Labute approximate surface area is 197 Å². The Bertz CT molecular complexity index is 1460. The molecule has 0 saturated heterocycles. The molecule has 9 nitrogen and oxygen atoms in total. The van der Waals surface area contributed by atoms with Crippen LogP contribution in [0, 0.1) is 0 Å². The van der Waals surface area contributed by atoms with E-state index in [-0.39, 0.29) is 17.3 Å². The van der Waals surface area contributed by atoms with E-state index in [1.54, 1.807) is 50.2 Å². The molecule has 0 saturated carbocycles. The van der Waals surface area contributed by atoms with Crippen molar-refractivity contribution in [1.29, 1.82) is 0 Å². The van der Waals surface area contributed by atoms with E-state index in [1.165, 1.54) is 15.1 Å². The molecule has 3 aromatic rings. The normalized spacial score (nSPS) is 13.7. The number of carbonyl (C=O) groups is 2. The van der Waals surface area contributed by atoms with Crippen molar-refractivity contribution in [2.45, 2.75) is 32.7 Å². The molecule has 178 valence electrons. The van der Waals surface area contributed by atoms with Gasteiger partial charge in [-0.05, 0) is 56.5 Å². The molecule has 1 aromatic heterocycles. The van der Waals surface area contributed by atoms with Gasteiger partial charge in [0.05, 0.1) is 23.4 Å². The Balaban J connectivity index is 1.57. The first-order chi connectivity index (χ1) is 16.1. The van der Waals surface area contributed by atoms with E-state index < -0.39 is 28.4 Å². The maximum Gasteiger partial charge on any atom is 0.359 e. The standard InChI is InChI=1S/C24H25N3O6S/c1-15(2)27-23(29)19-9-5-4-8-18(19)22(25-27)24(30)33-14-21(28)17-10-11-20-16(13-17)7-6-12-26(20)34(3,31)32/h4-5,8-11,13,15H,6-7,12,14H2,1-3H3. The third kappa shape index (κ3) is 4.45. The van der Waals surface area contributed by atoms with E-state index in [4.69, 9.17) is 4.74 Å². The number of anilines is 1. The summed E-state index contributed by atoms with van der Waals surface area (Å²) in [5, 5.41) is 4.90. The Morgan fingerprint density at radius 2 is 1.82 bits per heavy atom. The first-order valence-electron chi connectivity index (χ1n) is 10.9. The average molecular weight is 484 g/mol. The number of ether oxygens (including phenoxy) is 1. The molecule has 0 radical (unpaired) electrons. The number of aryl methyl sites for hydroxylation is 1. The number of nitrogens with zero attached hydrogens (tertiary/aromatic N) is 3. The molecule has 0 atom stereocenters. The highest BCUT2D eigenvalue weighted by molar-refractivity contribution is 7.92. The Morgan fingerprint density at radius 3 is 2.50 bits per heavy atom. The van der Waals surface area contributed by atoms with Crippen LogP contribution in [0.5, 0.6) is 0 Å². The van der Waals surface area contributed by atoms with Crippen LogP contribution >= 0.6 is 0 Å². The number of rotatable bonds is 6. The smallest absolute Gasteiger partial charge is 0.359 e. The number of fused-ring (bicyclic) bond motifs is 2. The second-order valence-corrected chi connectivity index (χ2v) is 10.4. The van der Waals surface area contributed by atoms with Crippen molar-refractivity contribution in [3.63, 3.8) is 0 Å². The molecule has 0 aliphatic carbocycles. The largest absolute Gasteiger partial charge is 0.452 e. The second kappa shape index (κ2) is 9.02. The van der Waals surface area contributed by atoms with E-state index >= 15 is 0 Å². The zero-order valence-corrected chi connectivity index (χ0v) is 20.0. The third-order valence-corrected chi connectivity index (χ3v) is 6.90. The highest BCUT2D eigenvalue weighted by Crippen LogP contribution is 2.30. The van der Waals surface area contributed by atoms with Gasteiger partial charge in [0.15, 0.2) is 18.1 Å². The van der Waals surface area contributed by atoms with Crippen LogP contribution in [-0.2, 0) is 21.2 Å². The van der Waals surface area contributed by atoms with Crippen LogP contribution in [0.15, 0.2) is 47.3 Å². The van der Waals surface area contributed by atoms with Gasteiger partial charge in [-0.15, -0.1) is 0 Å². The molecule has 0 amide bonds. The fraction of sp³-hybridized carbons (Fsp3) is 0.333. The van der Waals surface area contributed by atoms with Gasteiger partial charge in [-0.25, -0.2) is 17.9 Å². The molecule has 2 heterocycles. The molecule has 0 N–H and O–H groups in total. The number of esters is 1. The SMILES string of the molecule is CC(C)n1nc(C(=O)OCC(=O)c2ccc3c(c2)CCCN3S(C)(=O)=O)c2ccccc2c1=O. The van der Waals surface area contributed by atoms with Gasteiger partial charge < -0.3 is 4.74 Å². The lowest BCUT2D eigenvalue weighted by Crippen LogP contribution is -2.34. The number of Topliss-reactive ketones (excluding diaryl/α,β-unsaturated/α-hetero) is 1. The summed E-state index contributed by atoms with van der Waals surface area (Å²) in [4.78, 5) is 38.2. The fourth-order valence-corrected chi connectivity index (χ4v) is 5.07. The van der Waals surface area contributed by atoms with Crippen LogP contribution in [0.1, 0.15) is 52.7 Å². The molecule has 1 aliphatic rings. The zero-order chi connectivity index (χ0) is 24.6. The van der Waals surface area contributed by atoms with Crippen LogP contribution in [0.25, 0.3) is 10.8 Å². The van der Waals surface area contributed by atoms with Crippen LogP contribution in [0.3, 0.4) is 0 Å². The van der Waals surface area contributed by atoms with Crippen molar-refractivity contribution in [2.24, 2.45) is 0 Å². The van der Waals surface area contributed by atoms with Crippen molar-refractivity contribution in [2.75, 3.05) is 23.7 Å². The summed E-state index contributed by atoms with van der Waals surface area (Å²) in [6.07, 6.45) is 2.45. The van der Waals surface area contributed by atoms with Crippen molar-refractivity contribution < 1.29 is 22.7 Å². The van der Waals surface area contributed by atoms with Gasteiger partial charge in [-0.1, -0.05) is 18.2 Å². The van der Waals surface area contributed by atoms with Gasteiger partial charge in [0.2, 0.25) is 10.0 Å². The lowest BCUT2D eigenvalue weighted by Gasteiger charge is -2.29. The maximum absolute atomic E-state index is 12.8. The number of hydrogen-bond donors (Lipinski definition) is 0. The van der Waals surface area contributed by atoms with E-state index in [0.29, 0.717) is 41.4 Å². The summed E-state index contributed by atoms with van der Waals surface area (Å²) in [5.74, 6) is -1.23. The molecule has 10 heteroatoms. The molecular formula is C24H25N3O6S. The number of sulfonamides is 1. The van der Waals surface area contributed by atoms with E-state index in [0.717, 1.165) is 11.8 Å². The van der Waals surface area contributed by atoms with Crippen molar-refractivity contribution in [3.8, 4) is 0 Å². The number of benzene rings is 2. The summed E-state index contributed by atoms with van der Waals surface area (Å²) >= 11 is 0. The summed E-state index contributed by atoms with van der Waals surface area (Å²) in [7, 11) is -3.41. The third-order valence-electron chi connectivity index (χ3n) is 5.72. The zero-order valence-electron chi connectivity index (χ0n) is 19.1. The quantitative estimate of drug-likeness (QED) is 0.391. The topological polar surface area (TPSA) is 116 Å².